The minimum atomic E-state index is 0.456. The normalized spacial score (nSPS) is 28.6. The van der Waals surface area contributed by atoms with Crippen LogP contribution in [0.4, 0.5) is 0 Å². The van der Waals surface area contributed by atoms with E-state index in [0.717, 1.165) is 6.42 Å². The standard InChI is InChI=1S/C9H15N3/c1-6-4-9-8(7(2)10-6)5-12(3)11-9/h5-7,10H,4H2,1-3H3. The molecule has 1 aromatic rings. The summed E-state index contributed by atoms with van der Waals surface area (Å²) in [5.41, 5.74) is 2.62. The Balaban J connectivity index is 2.40. The van der Waals surface area contributed by atoms with Crippen molar-refractivity contribution in [2.24, 2.45) is 7.05 Å². The lowest BCUT2D eigenvalue weighted by atomic mass is 9.99. The first-order valence-corrected chi connectivity index (χ1v) is 4.45. The second-order valence-electron chi connectivity index (χ2n) is 3.70. The van der Waals surface area contributed by atoms with Gasteiger partial charge in [0.05, 0.1) is 5.69 Å². The van der Waals surface area contributed by atoms with Crippen LogP contribution in [0.15, 0.2) is 6.20 Å². The molecule has 0 aromatic carbocycles. The highest BCUT2D eigenvalue weighted by Crippen LogP contribution is 2.22. The van der Waals surface area contributed by atoms with Crippen molar-refractivity contribution in [3.05, 3.63) is 17.5 Å². The molecule has 3 nitrogen and oxygen atoms in total. The van der Waals surface area contributed by atoms with Crippen molar-refractivity contribution in [3.8, 4) is 0 Å². The maximum Gasteiger partial charge on any atom is 0.0687 e. The summed E-state index contributed by atoms with van der Waals surface area (Å²) >= 11 is 0. The molecule has 2 rings (SSSR count). The second kappa shape index (κ2) is 2.59. The van der Waals surface area contributed by atoms with Crippen LogP contribution in [0.3, 0.4) is 0 Å². The quantitative estimate of drug-likeness (QED) is 0.622. The first-order chi connectivity index (χ1) is 5.66. The first-order valence-electron chi connectivity index (χ1n) is 4.45. The first kappa shape index (κ1) is 7.80. The SMILES string of the molecule is CC1Cc2nn(C)cc2C(C)N1. The number of hydrogen-bond donors (Lipinski definition) is 1. The van der Waals surface area contributed by atoms with E-state index in [4.69, 9.17) is 0 Å². The molecule has 1 aliphatic rings. The van der Waals surface area contributed by atoms with E-state index < -0.39 is 0 Å². The van der Waals surface area contributed by atoms with Crippen LogP contribution in [0.25, 0.3) is 0 Å². The van der Waals surface area contributed by atoms with Crippen LogP contribution in [0.2, 0.25) is 0 Å². The van der Waals surface area contributed by atoms with E-state index in [1.165, 1.54) is 11.3 Å². The molecule has 2 atom stereocenters. The van der Waals surface area contributed by atoms with E-state index in [0.29, 0.717) is 12.1 Å². The van der Waals surface area contributed by atoms with Crippen LogP contribution >= 0.6 is 0 Å². The molecule has 0 spiro atoms. The minimum absolute atomic E-state index is 0.456. The van der Waals surface area contributed by atoms with Gasteiger partial charge in [-0.25, -0.2) is 0 Å². The van der Waals surface area contributed by atoms with Gasteiger partial charge < -0.3 is 5.32 Å². The summed E-state index contributed by atoms with van der Waals surface area (Å²) in [6.45, 7) is 4.39. The van der Waals surface area contributed by atoms with E-state index in [1.54, 1.807) is 0 Å². The fourth-order valence-electron chi connectivity index (χ4n) is 1.94. The topological polar surface area (TPSA) is 29.9 Å². The maximum atomic E-state index is 4.43. The van der Waals surface area contributed by atoms with Crippen molar-refractivity contribution >= 4 is 0 Å². The summed E-state index contributed by atoms with van der Waals surface area (Å²) in [5.74, 6) is 0. The van der Waals surface area contributed by atoms with Gasteiger partial charge in [-0.15, -0.1) is 0 Å². The maximum absolute atomic E-state index is 4.43. The molecule has 0 saturated carbocycles. The largest absolute Gasteiger partial charge is 0.307 e. The van der Waals surface area contributed by atoms with Gasteiger partial charge in [-0.05, 0) is 13.8 Å². The zero-order valence-electron chi connectivity index (χ0n) is 7.83. The van der Waals surface area contributed by atoms with Crippen molar-refractivity contribution in [1.29, 1.82) is 0 Å². The predicted molar refractivity (Wildman–Crippen MR) is 47.9 cm³/mol. The summed E-state index contributed by atoms with van der Waals surface area (Å²) in [6, 6.07) is 1.01. The van der Waals surface area contributed by atoms with Gasteiger partial charge >= 0.3 is 0 Å². The average Bonchev–Trinajstić information content (AvgIpc) is 2.29. The van der Waals surface area contributed by atoms with Gasteiger partial charge in [0.1, 0.15) is 0 Å². The Bertz CT molecular complexity index is 290. The van der Waals surface area contributed by atoms with Crippen LogP contribution in [0.5, 0.6) is 0 Å². The molecule has 2 unspecified atom stereocenters. The summed E-state index contributed by atoms with van der Waals surface area (Å²) in [4.78, 5) is 0. The van der Waals surface area contributed by atoms with Gasteiger partial charge in [0.15, 0.2) is 0 Å². The number of aromatic nitrogens is 2. The van der Waals surface area contributed by atoms with Gasteiger partial charge in [0.2, 0.25) is 0 Å². The van der Waals surface area contributed by atoms with E-state index in [-0.39, 0.29) is 0 Å². The molecular formula is C9H15N3. The van der Waals surface area contributed by atoms with Gasteiger partial charge in [-0.2, -0.15) is 5.10 Å². The number of nitrogens with zero attached hydrogens (tertiary/aromatic N) is 2. The molecule has 1 aliphatic heterocycles. The molecule has 66 valence electrons. The third kappa shape index (κ3) is 1.14. The van der Waals surface area contributed by atoms with Crippen LogP contribution in [-0.4, -0.2) is 15.8 Å². The van der Waals surface area contributed by atoms with Crippen molar-refractivity contribution in [1.82, 2.24) is 15.1 Å². The highest BCUT2D eigenvalue weighted by atomic mass is 15.3. The summed E-state index contributed by atoms with van der Waals surface area (Å²) in [6.07, 6.45) is 3.17. The molecule has 0 radical (unpaired) electrons. The minimum Gasteiger partial charge on any atom is -0.307 e. The smallest absolute Gasteiger partial charge is 0.0687 e. The highest BCUT2D eigenvalue weighted by molar-refractivity contribution is 5.24. The fourth-order valence-corrected chi connectivity index (χ4v) is 1.94. The monoisotopic (exact) mass is 165 g/mol. The fraction of sp³-hybridized carbons (Fsp3) is 0.667. The molecule has 0 saturated heterocycles. The van der Waals surface area contributed by atoms with Gasteiger partial charge in [-0.3, -0.25) is 4.68 Å². The van der Waals surface area contributed by atoms with E-state index in [2.05, 4.69) is 30.5 Å². The molecule has 3 heteroatoms. The van der Waals surface area contributed by atoms with Crippen LogP contribution in [0.1, 0.15) is 31.1 Å². The zero-order chi connectivity index (χ0) is 8.72. The van der Waals surface area contributed by atoms with E-state index in [9.17, 15) is 0 Å². The molecule has 0 amide bonds. The molecule has 2 heterocycles. The van der Waals surface area contributed by atoms with E-state index in [1.807, 2.05) is 11.7 Å². The van der Waals surface area contributed by atoms with Crippen LogP contribution in [-0.2, 0) is 13.5 Å². The van der Waals surface area contributed by atoms with Crippen LogP contribution < -0.4 is 5.32 Å². The lowest BCUT2D eigenvalue weighted by Gasteiger charge is -2.25. The Hall–Kier alpha value is -0.830. The molecular weight excluding hydrogens is 150 g/mol. The molecule has 1 aromatic heterocycles. The van der Waals surface area contributed by atoms with Gasteiger partial charge in [0, 0.05) is 37.3 Å². The summed E-state index contributed by atoms with van der Waals surface area (Å²) in [7, 11) is 1.98. The molecule has 0 bridgehead atoms. The number of nitrogens with one attached hydrogen (secondary N) is 1. The highest BCUT2D eigenvalue weighted by Gasteiger charge is 2.22. The van der Waals surface area contributed by atoms with Crippen molar-refractivity contribution < 1.29 is 0 Å². The Kier molecular flexibility index (Phi) is 1.68. The second-order valence-corrected chi connectivity index (χ2v) is 3.70. The van der Waals surface area contributed by atoms with Crippen molar-refractivity contribution in [3.63, 3.8) is 0 Å². The average molecular weight is 165 g/mol. The van der Waals surface area contributed by atoms with Gasteiger partial charge in [0.25, 0.3) is 0 Å². The lowest BCUT2D eigenvalue weighted by molar-refractivity contribution is 0.442. The Labute approximate surface area is 72.8 Å². The number of rotatable bonds is 0. The molecule has 1 N–H and O–H groups in total. The van der Waals surface area contributed by atoms with Gasteiger partial charge in [-0.1, -0.05) is 0 Å². The summed E-state index contributed by atoms with van der Waals surface area (Å²) < 4.78 is 1.90. The number of aryl methyl sites for hydroxylation is 1. The Morgan fingerprint density at radius 2 is 2.33 bits per heavy atom. The van der Waals surface area contributed by atoms with Crippen LogP contribution in [0, 0.1) is 0 Å². The lowest BCUT2D eigenvalue weighted by Crippen LogP contribution is -2.35. The predicted octanol–water partition coefficient (Wildman–Crippen LogP) is 1.02. The summed E-state index contributed by atoms with van der Waals surface area (Å²) in [5, 5.41) is 7.92. The molecule has 12 heavy (non-hydrogen) atoms. The zero-order valence-corrected chi connectivity index (χ0v) is 7.83. The van der Waals surface area contributed by atoms with Crippen molar-refractivity contribution in [2.75, 3.05) is 0 Å². The third-order valence-corrected chi connectivity index (χ3v) is 2.44. The Morgan fingerprint density at radius 1 is 1.58 bits per heavy atom. The van der Waals surface area contributed by atoms with E-state index >= 15 is 0 Å². The number of fused-ring (bicyclic) bond motifs is 1. The number of hydrogen-bond acceptors (Lipinski definition) is 2. The Morgan fingerprint density at radius 3 is 3.08 bits per heavy atom. The molecule has 0 aliphatic carbocycles. The van der Waals surface area contributed by atoms with Crippen molar-refractivity contribution in [2.45, 2.75) is 32.4 Å². The third-order valence-electron chi connectivity index (χ3n) is 2.44. The molecule has 0 fully saturated rings.